The van der Waals surface area contributed by atoms with Gasteiger partial charge < -0.3 is 20.1 Å². The number of esters is 1. The van der Waals surface area contributed by atoms with Gasteiger partial charge in [-0.25, -0.2) is 13.6 Å². The highest BCUT2D eigenvalue weighted by atomic mass is 32.1. The number of benzene rings is 1. The van der Waals surface area contributed by atoms with Crippen molar-refractivity contribution in [3.05, 3.63) is 29.3 Å². The summed E-state index contributed by atoms with van der Waals surface area (Å²) in [5.74, 6) is -2.16. The lowest BCUT2D eigenvalue weighted by molar-refractivity contribution is -0.154. The molecule has 1 unspecified atom stereocenters. The Kier molecular flexibility index (Phi) is 4.69. The van der Waals surface area contributed by atoms with Gasteiger partial charge in [-0.05, 0) is 12.1 Å². The first-order valence-corrected chi connectivity index (χ1v) is 6.58. The van der Waals surface area contributed by atoms with Gasteiger partial charge in [0.1, 0.15) is 22.3 Å². The molecule has 1 atom stereocenters. The van der Waals surface area contributed by atoms with Gasteiger partial charge in [-0.1, -0.05) is 12.2 Å². The number of methoxy groups -OCH3 is 1. The molecule has 5 nitrogen and oxygen atoms in total. The smallest absolute Gasteiger partial charge is 0.336 e. The predicted molar refractivity (Wildman–Crippen MR) is 76.2 cm³/mol. The first-order chi connectivity index (χ1) is 9.93. The fourth-order valence-corrected chi connectivity index (χ4v) is 2.25. The van der Waals surface area contributed by atoms with E-state index in [1.165, 1.54) is 12.0 Å². The van der Waals surface area contributed by atoms with Crippen molar-refractivity contribution in [2.75, 3.05) is 31.7 Å². The van der Waals surface area contributed by atoms with Gasteiger partial charge in [-0.2, -0.15) is 0 Å². The third-order valence-corrected chi connectivity index (χ3v) is 3.38. The molecule has 8 heteroatoms. The number of halogens is 2. The molecular weight excluding hydrogens is 302 g/mol. The van der Waals surface area contributed by atoms with Crippen LogP contribution < -0.4 is 10.6 Å². The lowest BCUT2D eigenvalue weighted by Crippen LogP contribution is -2.47. The second-order valence-corrected chi connectivity index (χ2v) is 4.92. The van der Waals surface area contributed by atoms with Crippen LogP contribution in [-0.4, -0.2) is 43.9 Å². The summed E-state index contributed by atoms with van der Waals surface area (Å²) in [6.45, 7) is 0.427. The Morgan fingerprint density at radius 1 is 1.48 bits per heavy atom. The monoisotopic (exact) mass is 316 g/mol. The summed E-state index contributed by atoms with van der Waals surface area (Å²) in [7, 11) is 1.22. The molecule has 1 aliphatic rings. The van der Waals surface area contributed by atoms with Crippen LogP contribution in [-0.2, 0) is 14.3 Å². The minimum Gasteiger partial charge on any atom is -0.467 e. The Hall–Kier alpha value is -1.80. The van der Waals surface area contributed by atoms with Gasteiger partial charge in [0.25, 0.3) is 0 Å². The summed E-state index contributed by atoms with van der Waals surface area (Å²) in [5.41, 5.74) is 5.25. The van der Waals surface area contributed by atoms with Gasteiger partial charge in [-0.15, -0.1) is 0 Å². The molecule has 2 N–H and O–H groups in total. The molecule has 0 radical (unpaired) electrons. The molecule has 1 heterocycles. The maximum Gasteiger partial charge on any atom is 0.336 e. The van der Waals surface area contributed by atoms with Crippen molar-refractivity contribution in [1.29, 1.82) is 0 Å². The van der Waals surface area contributed by atoms with Crippen LogP contribution in [0.4, 0.5) is 14.5 Å². The number of ether oxygens (including phenoxy) is 2. The van der Waals surface area contributed by atoms with Crippen molar-refractivity contribution < 1.29 is 23.0 Å². The highest BCUT2D eigenvalue weighted by Crippen LogP contribution is 2.27. The van der Waals surface area contributed by atoms with Crippen molar-refractivity contribution in [1.82, 2.24) is 0 Å². The SMILES string of the molecule is COC(=O)C1CN(c2c(F)cc(C(N)=S)cc2F)CCO1. The van der Waals surface area contributed by atoms with E-state index in [2.05, 4.69) is 4.74 Å². The van der Waals surface area contributed by atoms with Crippen LogP contribution in [0.1, 0.15) is 5.56 Å². The highest BCUT2D eigenvalue weighted by Gasteiger charge is 2.30. The Balaban J connectivity index is 2.29. The largest absolute Gasteiger partial charge is 0.467 e. The summed E-state index contributed by atoms with van der Waals surface area (Å²) >= 11 is 4.70. The fraction of sp³-hybridized carbons (Fsp3) is 0.385. The number of nitrogens with zero attached hydrogens (tertiary/aromatic N) is 1. The second-order valence-electron chi connectivity index (χ2n) is 4.48. The van der Waals surface area contributed by atoms with Gasteiger partial charge in [0.15, 0.2) is 6.10 Å². The summed E-state index contributed by atoms with van der Waals surface area (Å²) in [6, 6.07) is 2.15. The zero-order chi connectivity index (χ0) is 15.6. The van der Waals surface area contributed by atoms with Crippen LogP contribution in [0.3, 0.4) is 0 Å². The number of carbonyl (C=O) groups excluding carboxylic acids is 1. The van der Waals surface area contributed by atoms with Crippen molar-refractivity contribution in [2.45, 2.75) is 6.10 Å². The van der Waals surface area contributed by atoms with Gasteiger partial charge in [-0.3, -0.25) is 0 Å². The van der Waals surface area contributed by atoms with E-state index in [1.54, 1.807) is 0 Å². The molecule has 21 heavy (non-hydrogen) atoms. The molecule has 1 aromatic rings. The maximum atomic E-state index is 14.1. The Bertz CT molecular complexity index is 560. The number of rotatable bonds is 3. The molecule has 1 aromatic carbocycles. The van der Waals surface area contributed by atoms with Crippen LogP contribution in [0.5, 0.6) is 0 Å². The lowest BCUT2D eigenvalue weighted by Gasteiger charge is -2.33. The number of thiocarbonyl (C=S) groups is 1. The summed E-state index contributed by atoms with van der Waals surface area (Å²) < 4.78 is 38.0. The first kappa shape index (κ1) is 15.6. The van der Waals surface area contributed by atoms with Crippen LogP contribution in [0, 0.1) is 11.6 Å². The normalized spacial score (nSPS) is 18.4. The molecule has 0 saturated carbocycles. The molecule has 0 bridgehead atoms. The molecule has 0 spiro atoms. The average molecular weight is 316 g/mol. The molecular formula is C13H14F2N2O3S. The Labute approximate surface area is 125 Å². The summed E-state index contributed by atoms with van der Waals surface area (Å²) in [4.78, 5) is 12.8. The zero-order valence-electron chi connectivity index (χ0n) is 11.3. The predicted octanol–water partition coefficient (Wildman–Crippen LogP) is 0.977. The average Bonchev–Trinajstić information content (AvgIpc) is 2.45. The van der Waals surface area contributed by atoms with Crippen LogP contribution in [0.15, 0.2) is 12.1 Å². The summed E-state index contributed by atoms with van der Waals surface area (Å²) in [5, 5.41) is 0. The van der Waals surface area contributed by atoms with Crippen molar-refractivity contribution >= 4 is 28.9 Å². The summed E-state index contributed by atoms with van der Waals surface area (Å²) in [6.07, 6.45) is -0.877. The zero-order valence-corrected chi connectivity index (χ0v) is 12.1. The van der Waals surface area contributed by atoms with Crippen molar-refractivity contribution in [2.24, 2.45) is 5.73 Å². The number of hydrogen-bond donors (Lipinski definition) is 1. The standard InChI is InChI=1S/C13H14F2N2O3S/c1-19-13(18)10-6-17(2-3-20-10)11-8(14)4-7(12(16)21)5-9(11)15/h4-5,10H,2-3,6H2,1H3,(H2,16,21). The topological polar surface area (TPSA) is 64.8 Å². The number of nitrogens with two attached hydrogens (primary N) is 1. The lowest BCUT2D eigenvalue weighted by atomic mass is 10.1. The van der Waals surface area contributed by atoms with E-state index in [-0.39, 0.29) is 35.9 Å². The second kappa shape index (κ2) is 6.31. The van der Waals surface area contributed by atoms with Gasteiger partial charge in [0.05, 0.1) is 20.3 Å². The van der Waals surface area contributed by atoms with Gasteiger partial charge in [0, 0.05) is 12.1 Å². The number of anilines is 1. The minimum atomic E-state index is -0.877. The maximum absolute atomic E-state index is 14.1. The highest BCUT2D eigenvalue weighted by molar-refractivity contribution is 7.80. The van der Waals surface area contributed by atoms with E-state index in [0.717, 1.165) is 12.1 Å². The number of carbonyl (C=O) groups is 1. The van der Waals surface area contributed by atoms with Crippen LogP contribution in [0.2, 0.25) is 0 Å². The van der Waals surface area contributed by atoms with E-state index in [0.29, 0.717) is 0 Å². The Morgan fingerprint density at radius 3 is 2.62 bits per heavy atom. The third-order valence-electron chi connectivity index (χ3n) is 3.15. The first-order valence-electron chi connectivity index (χ1n) is 6.17. The van der Waals surface area contributed by atoms with Gasteiger partial charge in [0.2, 0.25) is 0 Å². The minimum absolute atomic E-state index is 0.00688. The Morgan fingerprint density at radius 2 is 2.10 bits per heavy atom. The molecule has 1 fully saturated rings. The van der Waals surface area contributed by atoms with E-state index in [9.17, 15) is 13.6 Å². The van der Waals surface area contributed by atoms with Crippen LogP contribution >= 0.6 is 12.2 Å². The molecule has 2 rings (SSSR count). The van der Waals surface area contributed by atoms with Crippen molar-refractivity contribution in [3.8, 4) is 0 Å². The third kappa shape index (κ3) is 3.27. The molecule has 0 aromatic heterocycles. The molecule has 1 saturated heterocycles. The fourth-order valence-electron chi connectivity index (χ4n) is 2.14. The molecule has 1 aliphatic heterocycles. The van der Waals surface area contributed by atoms with E-state index in [1.807, 2.05) is 0 Å². The van der Waals surface area contributed by atoms with Crippen molar-refractivity contribution in [3.63, 3.8) is 0 Å². The number of morpholine rings is 1. The molecule has 114 valence electrons. The van der Waals surface area contributed by atoms with E-state index < -0.39 is 23.7 Å². The molecule has 0 aliphatic carbocycles. The van der Waals surface area contributed by atoms with Crippen LogP contribution in [0.25, 0.3) is 0 Å². The van der Waals surface area contributed by atoms with E-state index in [4.69, 9.17) is 22.7 Å². The quantitative estimate of drug-likeness (QED) is 0.662. The van der Waals surface area contributed by atoms with Gasteiger partial charge >= 0.3 is 5.97 Å². The molecule has 0 amide bonds. The number of hydrogen-bond acceptors (Lipinski definition) is 5. The van der Waals surface area contributed by atoms with E-state index >= 15 is 0 Å².